The first-order valence-electron chi connectivity index (χ1n) is 6.28. The number of nitrogens with zero attached hydrogens (tertiary/aromatic N) is 1. The third-order valence-corrected chi connectivity index (χ3v) is 3.99. The number of hydrogen-bond acceptors (Lipinski definition) is 2. The third-order valence-electron chi connectivity index (χ3n) is 3.99. The minimum absolute atomic E-state index is 0.752. The van der Waals surface area contributed by atoms with Crippen molar-refractivity contribution in [1.82, 2.24) is 10.2 Å². The maximum Gasteiger partial charge on any atom is 0.0193 e. The zero-order chi connectivity index (χ0) is 10.8. The van der Waals surface area contributed by atoms with E-state index in [2.05, 4.69) is 30.8 Å². The Morgan fingerprint density at radius 3 is 2.40 bits per heavy atom. The predicted molar refractivity (Wildman–Crippen MR) is 65.0 cm³/mol. The van der Waals surface area contributed by atoms with E-state index in [9.17, 15) is 0 Å². The summed E-state index contributed by atoms with van der Waals surface area (Å²) in [6.45, 7) is 7.33. The quantitative estimate of drug-likeness (QED) is 0.715. The average molecular weight is 208 g/mol. The highest BCUT2D eigenvalue weighted by molar-refractivity contribution is 5.01. The molecule has 0 radical (unpaired) electrons. The van der Waals surface area contributed by atoms with Crippen LogP contribution in [0, 0.1) is 0 Å². The van der Waals surface area contributed by atoms with Crippen molar-refractivity contribution in [2.75, 3.05) is 13.6 Å². The van der Waals surface area contributed by atoms with Crippen LogP contribution in [-0.2, 0) is 0 Å². The minimum atomic E-state index is 0.752. The molecule has 2 saturated heterocycles. The first-order chi connectivity index (χ1) is 7.20. The van der Waals surface area contributed by atoms with Gasteiger partial charge in [0.2, 0.25) is 0 Å². The standard InChI is InChI=1S/C13H24N2/c1-10(2)9-15-12-5-4-6-13(15)8-11(7-12)14-3/h11-14H,1,4-9H2,2-3H3. The largest absolute Gasteiger partial charge is 0.317 e. The molecule has 0 aromatic carbocycles. The molecule has 2 rings (SSSR count). The van der Waals surface area contributed by atoms with Crippen LogP contribution in [0.15, 0.2) is 12.2 Å². The van der Waals surface area contributed by atoms with Gasteiger partial charge in [0.05, 0.1) is 0 Å². The Morgan fingerprint density at radius 1 is 1.33 bits per heavy atom. The maximum absolute atomic E-state index is 4.06. The predicted octanol–water partition coefficient (Wildman–Crippen LogP) is 2.17. The number of nitrogens with one attached hydrogen (secondary N) is 1. The highest BCUT2D eigenvalue weighted by Crippen LogP contribution is 2.34. The topological polar surface area (TPSA) is 15.3 Å². The Labute approximate surface area is 93.7 Å². The molecule has 0 aromatic rings. The zero-order valence-corrected chi connectivity index (χ0v) is 10.1. The molecule has 2 fully saturated rings. The van der Waals surface area contributed by atoms with E-state index in [-0.39, 0.29) is 0 Å². The second-order valence-electron chi connectivity index (χ2n) is 5.32. The molecule has 0 aromatic heterocycles. The Morgan fingerprint density at radius 2 is 1.93 bits per heavy atom. The molecule has 15 heavy (non-hydrogen) atoms. The van der Waals surface area contributed by atoms with Gasteiger partial charge in [-0.15, -0.1) is 0 Å². The molecule has 0 spiro atoms. The molecule has 0 aliphatic carbocycles. The highest BCUT2D eigenvalue weighted by atomic mass is 15.2. The van der Waals surface area contributed by atoms with Crippen molar-refractivity contribution in [3.05, 3.63) is 12.2 Å². The van der Waals surface area contributed by atoms with Gasteiger partial charge in [0, 0.05) is 24.7 Å². The molecule has 2 unspecified atom stereocenters. The van der Waals surface area contributed by atoms with Gasteiger partial charge in [0.25, 0.3) is 0 Å². The summed E-state index contributed by atoms with van der Waals surface area (Å²) in [4.78, 5) is 2.71. The molecular formula is C13H24N2. The van der Waals surface area contributed by atoms with Crippen LogP contribution in [0.25, 0.3) is 0 Å². The normalized spacial score (nSPS) is 36.5. The summed E-state index contributed by atoms with van der Waals surface area (Å²) in [5.74, 6) is 0. The second-order valence-corrected chi connectivity index (χ2v) is 5.32. The zero-order valence-electron chi connectivity index (χ0n) is 10.1. The molecule has 0 saturated carbocycles. The van der Waals surface area contributed by atoms with E-state index in [1.54, 1.807) is 0 Å². The van der Waals surface area contributed by atoms with Crippen LogP contribution in [0.1, 0.15) is 39.0 Å². The average Bonchev–Trinajstić information content (AvgIpc) is 2.16. The number of piperidine rings is 2. The van der Waals surface area contributed by atoms with E-state index < -0.39 is 0 Å². The van der Waals surface area contributed by atoms with Crippen LogP contribution in [-0.4, -0.2) is 36.6 Å². The van der Waals surface area contributed by atoms with Crippen molar-refractivity contribution in [1.29, 1.82) is 0 Å². The van der Waals surface area contributed by atoms with Crippen LogP contribution < -0.4 is 5.32 Å². The number of fused-ring (bicyclic) bond motifs is 2. The van der Waals surface area contributed by atoms with Gasteiger partial charge in [-0.05, 0) is 39.7 Å². The van der Waals surface area contributed by atoms with Gasteiger partial charge < -0.3 is 5.32 Å². The SMILES string of the molecule is C=C(C)CN1C2CCCC1CC(NC)C2. The van der Waals surface area contributed by atoms with Crippen molar-refractivity contribution < 1.29 is 0 Å². The Balaban J connectivity index is 2.03. The van der Waals surface area contributed by atoms with Crippen molar-refractivity contribution in [2.24, 2.45) is 0 Å². The second kappa shape index (κ2) is 4.67. The summed E-state index contributed by atoms with van der Waals surface area (Å²) in [6.07, 6.45) is 6.88. The van der Waals surface area contributed by atoms with E-state index in [1.807, 2.05) is 0 Å². The molecule has 2 nitrogen and oxygen atoms in total. The Bertz CT molecular complexity index is 223. The highest BCUT2D eigenvalue weighted by Gasteiger charge is 2.37. The molecule has 2 heterocycles. The minimum Gasteiger partial charge on any atom is -0.317 e. The van der Waals surface area contributed by atoms with Crippen LogP contribution in [0.2, 0.25) is 0 Å². The molecular weight excluding hydrogens is 184 g/mol. The molecule has 1 N–H and O–H groups in total. The van der Waals surface area contributed by atoms with E-state index >= 15 is 0 Å². The maximum atomic E-state index is 4.06. The number of hydrogen-bond donors (Lipinski definition) is 1. The van der Waals surface area contributed by atoms with Gasteiger partial charge in [0.1, 0.15) is 0 Å². The lowest BCUT2D eigenvalue weighted by atomic mass is 9.81. The lowest BCUT2D eigenvalue weighted by Crippen LogP contribution is -2.56. The van der Waals surface area contributed by atoms with Gasteiger partial charge in [-0.25, -0.2) is 0 Å². The Kier molecular flexibility index (Phi) is 3.47. The van der Waals surface area contributed by atoms with Gasteiger partial charge in [-0.2, -0.15) is 0 Å². The molecule has 2 aliphatic rings. The van der Waals surface area contributed by atoms with E-state index in [1.165, 1.54) is 37.7 Å². The van der Waals surface area contributed by atoms with Crippen LogP contribution in [0.3, 0.4) is 0 Å². The third kappa shape index (κ3) is 2.43. The summed E-state index contributed by atoms with van der Waals surface area (Å²) < 4.78 is 0. The molecule has 2 heteroatoms. The molecule has 2 bridgehead atoms. The van der Waals surface area contributed by atoms with Crippen molar-refractivity contribution >= 4 is 0 Å². The smallest absolute Gasteiger partial charge is 0.0193 e. The van der Waals surface area contributed by atoms with Crippen LogP contribution >= 0.6 is 0 Å². The molecule has 0 amide bonds. The van der Waals surface area contributed by atoms with Gasteiger partial charge in [0.15, 0.2) is 0 Å². The number of rotatable bonds is 3. The van der Waals surface area contributed by atoms with Crippen molar-refractivity contribution in [3.8, 4) is 0 Å². The van der Waals surface area contributed by atoms with Crippen molar-refractivity contribution in [3.63, 3.8) is 0 Å². The van der Waals surface area contributed by atoms with Crippen LogP contribution in [0.5, 0.6) is 0 Å². The van der Waals surface area contributed by atoms with Crippen molar-refractivity contribution in [2.45, 2.75) is 57.2 Å². The summed E-state index contributed by atoms with van der Waals surface area (Å²) in [5.41, 5.74) is 1.31. The molecule has 2 atom stereocenters. The van der Waals surface area contributed by atoms with E-state index in [0.29, 0.717) is 0 Å². The van der Waals surface area contributed by atoms with Gasteiger partial charge >= 0.3 is 0 Å². The summed E-state index contributed by atoms with van der Waals surface area (Å²) >= 11 is 0. The fourth-order valence-electron chi connectivity index (χ4n) is 3.28. The van der Waals surface area contributed by atoms with E-state index in [4.69, 9.17) is 0 Å². The molecule has 2 aliphatic heterocycles. The summed E-state index contributed by atoms with van der Waals surface area (Å²) in [5, 5.41) is 3.46. The Hall–Kier alpha value is -0.340. The monoisotopic (exact) mass is 208 g/mol. The van der Waals surface area contributed by atoms with Gasteiger partial charge in [-0.1, -0.05) is 18.6 Å². The molecule has 86 valence electrons. The first-order valence-corrected chi connectivity index (χ1v) is 6.28. The summed E-state index contributed by atoms with van der Waals surface area (Å²) in [6, 6.07) is 2.37. The van der Waals surface area contributed by atoms with E-state index in [0.717, 1.165) is 24.7 Å². The van der Waals surface area contributed by atoms with Crippen LogP contribution in [0.4, 0.5) is 0 Å². The first kappa shape index (κ1) is 11.2. The lowest BCUT2D eigenvalue weighted by molar-refractivity contribution is 0.0344. The fraction of sp³-hybridized carbons (Fsp3) is 0.846. The van der Waals surface area contributed by atoms with Gasteiger partial charge in [-0.3, -0.25) is 4.90 Å². The lowest BCUT2D eigenvalue weighted by Gasteiger charge is -2.49. The fourth-order valence-corrected chi connectivity index (χ4v) is 3.28. The summed E-state index contributed by atoms with van der Waals surface area (Å²) in [7, 11) is 2.11.